The summed E-state index contributed by atoms with van der Waals surface area (Å²) >= 11 is 0. The number of hydrogen-bond acceptors (Lipinski definition) is 4. The number of hydrogen-bond donors (Lipinski definition) is 2. The van der Waals surface area contributed by atoms with Crippen LogP contribution in [0.15, 0.2) is 24.3 Å². The first-order chi connectivity index (χ1) is 9.85. The molecule has 3 amide bonds. The van der Waals surface area contributed by atoms with Gasteiger partial charge < -0.3 is 11.1 Å². The van der Waals surface area contributed by atoms with Crippen LogP contribution >= 0.6 is 12.4 Å². The SMILES string of the molecule is Cl.NCC(F)(F)CNC(=O)CN1C(=O)c2ccccc2C1=O. The number of carbonyl (C=O) groups excluding carboxylic acids is 3. The lowest BCUT2D eigenvalue weighted by molar-refractivity contribution is -0.123. The van der Waals surface area contributed by atoms with Gasteiger partial charge in [0.15, 0.2) is 0 Å². The van der Waals surface area contributed by atoms with E-state index in [0.29, 0.717) is 0 Å². The minimum Gasteiger partial charge on any atom is -0.348 e. The predicted molar refractivity (Wildman–Crippen MR) is 76.1 cm³/mol. The van der Waals surface area contributed by atoms with Crippen molar-refractivity contribution in [3.05, 3.63) is 35.4 Å². The van der Waals surface area contributed by atoms with Gasteiger partial charge in [0.25, 0.3) is 17.7 Å². The first-order valence-electron chi connectivity index (χ1n) is 6.15. The van der Waals surface area contributed by atoms with E-state index < -0.39 is 43.3 Å². The summed E-state index contributed by atoms with van der Waals surface area (Å²) in [6.45, 7) is -2.45. The second-order valence-corrected chi connectivity index (χ2v) is 4.58. The van der Waals surface area contributed by atoms with Gasteiger partial charge in [0.2, 0.25) is 5.91 Å². The number of nitrogens with zero attached hydrogens (tertiary/aromatic N) is 1. The molecule has 0 atom stereocenters. The number of alkyl halides is 2. The molecule has 0 spiro atoms. The quantitative estimate of drug-likeness (QED) is 0.764. The molecule has 0 unspecified atom stereocenters. The van der Waals surface area contributed by atoms with Crippen molar-refractivity contribution >= 4 is 30.1 Å². The van der Waals surface area contributed by atoms with Crippen LogP contribution in [0.5, 0.6) is 0 Å². The first-order valence-corrected chi connectivity index (χ1v) is 6.15. The van der Waals surface area contributed by atoms with Gasteiger partial charge in [-0.15, -0.1) is 12.4 Å². The normalized spacial score (nSPS) is 13.7. The average molecular weight is 334 g/mol. The van der Waals surface area contributed by atoms with E-state index in [-0.39, 0.29) is 23.5 Å². The summed E-state index contributed by atoms with van der Waals surface area (Å²) in [6, 6.07) is 6.12. The average Bonchev–Trinajstić information content (AvgIpc) is 2.71. The van der Waals surface area contributed by atoms with Gasteiger partial charge in [0.1, 0.15) is 6.54 Å². The molecule has 0 fully saturated rings. The molecule has 120 valence electrons. The van der Waals surface area contributed by atoms with Crippen LogP contribution in [0.1, 0.15) is 20.7 Å². The summed E-state index contributed by atoms with van der Waals surface area (Å²) < 4.78 is 25.8. The molecule has 3 N–H and O–H groups in total. The highest BCUT2D eigenvalue weighted by molar-refractivity contribution is 6.22. The van der Waals surface area contributed by atoms with Gasteiger partial charge >= 0.3 is 0 Å². The standard InChI is InChI=1S/C13H13F2N3O3.ClH/c14-13(15,6-16)7-17-10(19)5-18-11(20)8-3-1-2-4-9(8)12(18)21;/h1-4H,5-7,16H2,(H,17,19);1H. The monoisotopic (exact) mass is 333 g/mol. The Morgan fingerprint density at radius 2 is 1.68 bits per heavy atom. The van der Waals surface area contributed by atoms with E-state index >= 15 is 0 Å². The largest absolute Gasteiger partial charge is 0.348 e. The molecule has 0 bridgehead atoms. The smallest absolute Gasteiger partial charge is 0.277 e. The number of benzene rings is 1. The number of fused-ring (bicyclic) bond motifs is 1. The molecule has 1 aliphatic rings. The molecular weight excluding hydrogens is 320 g/mol. The number of carbonyl (C=O) groups is 3. The second kappa shape index (κ2) is 6.80. The summed E-state index contributed by atoms with van der Waals surface area (Å²) in [5.41, 5.74) is 5.23. The van der Waals surface area contributed by atoms with Gasteiger partial charge in [0, 0.05) is 0 Å². The number of amides is 3. The number of nitrogens with two attached hydrogens (primary N) is 1. The maximum absolute atomic E-state index is 12.9. The summed E-state index contributed by atoms with van der Waals surface area (Å²) in [6.07, 6.45) is 0. The molecule has 1 aromatic rings. The Morgan fingerprint density at radius 3 is 2.14 bits per heavy atom. The molecule has 1 heterocycles. The van der Waals surface area contributed by atoms with E-state index in [1.807, 2.05) is 5.32 Å². The van der Waals surface area contributed by atoms with Gasteiger partial charge in [-0.25, -0.2) is 8.78 Å². The van der Waals surface area contributed by atoms with Gasteiger partial charge in [0.05, 0.1) is 24.2 Å². The molecule has 1 aliphatic heterocycles. The van der Waals surface area contributed by atoms with Crippen LogP contribution in [-0.2, 0) is 4.79 Å². The number of rotatable bonds is 5. The zero-order valence-corrected chi connectivity index (χ0v) is 12.2. The third-order valence-electron chi connectivity index (χ3n) is 3.02. The van der Waals surface area contributed by atoms with E-state index in [0.717, 1.165) is 4.90 Å². The van der Waals surface area contributed by atoms with E-state index in [4.69, 9.17) is 5.73 Å². The third kappa shape index (κ3) is 3.58. The fourth-order valence-electron chi connectivity index (χ4n) is 1.88. The summed E-state index contributed by atoms with van der Waals surface area (Å²) in [5, 5.41) is 1.95. The third-order valence-corrected chi connectivity index (χ3v) is 3.02. The molecule has 0 radical (unpaired) electrons. The van der Waals surface area contributed by atoms with E-state index in [9.17, 15) is 23.2 Å². The molecule has 2 rings (SSSR count). The highest BCUT2D eigenvalue weighted by atomic mass is 35.5. The Morgan fingerprint density at radius 1 is 1.18 bits per heavy atom. The lowest BCUT2D eigenvalue weighted by atomic mass is 10.1. The van der Waals surface area contributed by atoms with Crippen LogP contribution in [0.2, 0.25) is 0 Å². The second-order valence-electron chi connectivity index (χ2n) is 4.58. The van der Waals surface area contributed by atoms with E-state index in [1.165, 1.54) is 12.1 Å². The molecule has 0 saturated heterocycles. The van der Waals surface area contributed by atoms with Crippen LogP contribution in [0, 0.1) is 0 Å². The van der Waals surface area contributed by atoms with Gasteiger partial charge in [-0.05, 0) is 12.1 Å². The Bertz CT molecular complexity index is 575. The van der Waals surface area contributed by atoms with Crippen molar-refractivity contribution in [1.82, 2.24) is 10.2 Å². The van der Waals surface area contributed by atoms with Crippen molar-refractivity contribution in [3.8, 4) is 0 Å². The molecule has 1 aromatic carbocycles. The summed E-state index contributed by atoms with van der Waals surface area (Å²) in [7, 11) is 0. The van der Waals surface area contributed by atoms with E-state index in [1.54, 1.807) is 12.1 Å². The minimum absolute atomic E-state index is 0. The number of halogens is 3. The molecular formula is C13H14ClF2N3O3. The summed E-state index contributed by atoms with van der Waals surface area (Å²) in [4.78, 5) is 36.2. The van der Waals surface area contributed by atoms with Crippen LogP contribution in [0.25, 0.3) is 0 Å². The molecule has 9 heteroatoms. The molecule has 22 heavy (non-hydrogen) atoms. The Hall–Kier alpha value is -2.06. The maximum atomic E-state index is 12.9. The van der Waals surface area contributed by atoms with Crippen molar-refractivity contribution in [2.45, 2.75) is 5.92 Å². The van der Waals surface area contributed by atoms with Gasteiger partial charge in [-0.3, -0.25) is 19.3 Å². The number of nitrogens with one attached hydrogen (secondary N) is 1. The lowest BCUT2D eigenvalue weighted by Crippen LogP contribution is -2.46. The lowest BCUT2D eigenvalue weighted by Gasteiger charge is -2.17. The van der Waals surface area contributed by atoms with Crippen LogP contribution < -0.4 is 11.1 Å². The maximum Gasteiger partial charge on any atom is 0.277 e. The zero-order valence-electron chi connectivity index (χ0n) is 11.3. The molecule has 6 nitrogen and oxygen atoms in total. The van der Waals surface area contributed by atoms with E-state index in [2.05, 4.69) is 0 Å². The van der Waals surface area contributed by atoms with Crippen molar-refractivity contribution in [3.63, 3.8) is 0 Å². The highest BCUT2D eigenvalue weighted by Gasteiger charge is 2.36. The van der Waals surface area contributed by atoms with Crippen LogP contribution in [0.4, 0.5) is 8.78 Å². The molecule has 0 aliphatic carbocycles. The highest BCUT2D eigenvalue weighted by Crippen LogP contribution is 2.21. The molecule has 0 aromatic heterocycles. The topological polar surface area (TPSA) is 92.5 Å². The van der Waals surface area contributed by atoms with Gasteiger partial charge in [-0.2, -0.15) is 0 Å². The van der Waals surface area contributed by atoms with Crippen LogP contribution in [-0.4, -0.2) is 48.2 Å². The Kier molecular flexibility index (Phi) is 5.56. The fourth-order valence-corrected chi connectivity index (χ4v) is 1.88. The summed E-state index contributed by atoms with van der Waals surface area (Å²) in [5.74, 6) is -5.30. The Balaban J connectivity index is 0.00000242. The fraction of sp³-hybridized carbons (Fsp3) is 0.308. The number of imide groups is 1. The first kappa shape index (κ1) is 18.0. The predicted octanol–water partition coefficient (Wildman–Crippen LogP) is 0.415. The van der Waals surface area contributed by atoms with Crippen LogP contribution in [0.3, 0.4) is 0 Å². The van der Waals surface area contributed by atoms with Crippen molar-refractivity contribution in [2.75, 3.05) is 19.6 Å². The van der Waals surface area contributed by atoms with Gasteiger partial charge in [-0.1, -0.05) is 12.1 Å². The molecule has 0 saturated carbocycles. The van der Waals surface area contributed by atoms with Crippen molar-refractivity contribution < 1.29 is 23.2 Å². The minimum atomic E-state index is -3.22. The zero-order chi connectivity index (χ0) is 15.6. The Labute approximate surface area is 131 Å². The van der Waals surface area contributed by atoms with Crippen molar-refractivity contribution in [1.29, 1.82) is 0 Å². The van der Waals surface area contributed by atoms with Crippen molar-refractivity contribution in [2.24, 2.45) is 5.73 Å².